The van der Waals surface area contributed by atoms with Gasteiger partial charge >= 0.3 is 0 Å². The molecule has 1 N–H and O–H groups in total. The van der Waals surface area contributed by atoms with E-state index in [1.165, 1.54) is 32.1 Å². The van der Waals surface area contributed by atoms with Gasteiger partial charge < -0.3 is 14.8 Å². The van der Waals surface area contributed by atoms with E-state index in [2.05, 4.69) is 21.2 Å². The van der Waals surface area contributed by atoms with E-state index >= 15 is 0 Å². The Kier molecular flexibility index (Phi) is 7.71. The van der Waals surface area contributed by atoms with Crippen LogP contribution in [0.5, 0.6) is 11.5 Å². The van der Waals surface area contributed by atoms with Crippen LogP contribution in [-0.4, -0.2) is 13.2 Å². The minimum atomic E-state index is 0.280. The number of methoxy groups -OCH3 is 1. The molecule has 6 heteroatoms. The van der Waals surface area contributed by atoms with Gasteiger partial charge in [-0.3, -0.25) is 0 Å². The predicted molar refractivity (Wildman–Crippen MR) is 115 cm³/mol. The van der Waals surface area contributed by atoms with Crippen molar-refractivity contribution in [3.05, 3.63) is 56.0 Å². The third-order valence-electron chi connectivity index (χ3n) is 4.98. The first-order chi connectivity index (χ1) is 13.1. The normalized spacial score (nSPS) is 15.0. The van der Waals surface area contributed by atoms with E-state index in [-0.39, 0.29) is 6.61 Å². The molecule has 0 heterocycles. The van der Waals surface area contributed by atoms with Crippen molar-refractivity contribution in [3.8, 4) is 11.5 Å². The summed E-state index contributed by atoms with van der Waals surface area (Å²) in [4.78, 5) is 0. The maximum Gasteiger partial charge on any atom is 0.167 e. The molecule has 0 aromatic heterocycles. The Hall–Kier alpha value is -0.940. The van der Waals surface area contributed by atoms with E-state index in [9.17, 15) is 0 Å². The first kappa shape index (κ1) is 20.8. The highest BCUT2D eigenvalue weighted by atomic mass is 79.9. The van der Waals surface area contributed by atoms with Crippen molar-refractivity contribution in [3.63, 3.8) is 0 Å². The van der Waals surface area contributed by atoms with Crippen molar-refractivity contribution in [1.82, 2.24) is 5.32 Å². The minimum Gasteiger partial charge on any atom is -0.493 e. The van der Waals surface area contributed by atoms with Crippen LogP contribution in [0.3, 0.4) is 0 Å². The zero-order chi connectivity index (χ0) is 19.2. The second-order valence-electron chi connectivity index (χ2n) is 6.76. The third kappa shape index (κ3) is 5.32. The molecule has 2 aromatic rings. The molecule has 1 aliphatic carbocycles. The van der Waals surface area contributed by atoms with Crippen molar-refractivity contribution in [2.45, 2.75) is 51.3 Å². The van der Waals surface area contributed by atoms with E-state index in [0.29, 0.717) is 34.1 Å². The molecule has 1 saturated carbocycles. The van der Waals surface area contributed by atoms with Crippen molar-refractivity contribution in [2.24, 2.45) is 0 Å². The van der Waals surface area contributed by atoms with E-state index < -0.39 is 0 Å². The molecule has 146 valence electrons. The lowest BCUT2D eigenvalue weighted by Crippen LogP contribution is -2.30. The van der Waals surface area contributed by atoms with Gasteiger partial charge in [0.2, 0.25) is 0 Å². The maximum absolute atomic E-state index is 6.29. The molecule has 3 nitrogen and oxygen atoms in total. The van der Waals surface area contributed by atoms with Crippen molar-refractivity contribution in [1.29, 1.82) is 0 Å². The first-order valence-electron chi connectivity index (χ1n) is 9.24. The zero-order valence-electron chi connectivity index (χ0n) is 15.4. The van der Waals surface area contributed by atoms with Crippen LogP contribution in [0.25, 0.3) is 0 Å². The fourth-order valence-electron chi connectivity index (χ4n) is 3.43. The molecule has 3 rings (SSSR count). The molecule has 0 amide bonds. The molecule has 0 unspecified atom stereocenters. The molecule has 0 radical (unpaired) electrons. The maximum atomic E-state index is 6.29. The van der Waals surface area contributed by atoms with Crippen LogP contribution < -0.4 is 14.8 Å². The van der Waals surface area contributed by atoms with Gasteiger partial charge in [-0.2, -0.15) is 0 Å². The number of ether oxygens (including phenoxy) is 2. The second kappa shape index (κ2) is 10.0. The van der Waals surface area contributed by atoms with Gasteiger partial charge in [0.15, 0.2) is 11.5 Å². The number of benzene rings is 2. The van der Waals surface area contributed by atoms with Gasteiger partial charge in [0.1, 0.15) is 6.61 Å². The zero-order valence-corrected chi connectivity index (χ0v) is 18.5. The summed E-state index contributed by atoms with van der Waals surface area (Å²) in [6.45, 7) is 0.996. The van der Waals surface area contributed by atoms with E-state index in [1.54, 1.807) is 7.11 Å². The van der Waals surface area contributed by atoms with Crippen LogP contribution >= 0.6 is 39.1 Å². The van der Waals surface area contributed by atoms with Crippen molar-refractivity contribution in [2.75, 3.05) is 7.11 Å². The Balaban J connectivity index is 1.80. The lowest BCUT2D eigenvalue weighted by molar-refractivity contribution is 0.279. The van der Waals surface area contributed by atoms with Gasteiger partial charge in [-0.15, -0.1) is 0 Å². The summed E-state index contributed by atoms with van der Waals surface area (Å²) in [6.07, 6.45) is 6.39. The van der Waals surface area contributed by atoms with Gasteiger partial charge in [0.05, 0.1) is 7.11 Å². The number of hydrogen-bond acceptors (Lipinski definition) is 3. The summed E-state index contributed by atoms with van der Waals surface area (Å²) in [5.74, 6) is 1.41. The molecule has 0 saturated heterocycles. The van der Waals surface area contributed by atoms with Crippen LogP contribution in [-0.2, 0) is 13.2 Å². The van der Waals surface area contributed by atoms with Crippen molar-refractivity contribution < 1.29 is 9.47 Å². The van der Waals surface area contributed by atoms with Gasteiger partial charge in [0, 0.05) is 38.2 Å². The Morgan fingerprint density at radius 3 is 2.41 bits per heavy atom. The molecule has 0 bridgehead atoms. The largest absolute Gasteiger partial charge is 0.493 e. The summed E-state index contributed by atoms with van der Waals surface area (Å²) in [6, 6.07) is 9.91. The summed E-state index contributed by atoms with van der Waals surface area (Å²) >= 11 is 16.2. The quantitative estimate of drug-likeness (QED) is 0.482. The average Bonchev–Trinajstić information content (AvgIpc) is 2.68. The highest BCUT2D eigenvalue weighted by molar-refractivity contribution is 9.10. The molecule has 0 aliphatic heterocycles. The second-order valence-corrected chi connectivity index (χ2v) is 8.43. The molecule has 0 atom stereocenters. The van der Waals surface area contributed by atoms with Crippen LogP contribution in [0.1, 0.15) is 43.2 Å². The lowest BCUT2D eigenvalue weighted by Gasteiger charge is -2.24. The summed E-state index contributed by atoms with van der Waals surface area (Å²) in [7, 11) is 1.65. The smallest absolute Gasteiger partial charge is 0.167 e. The van der Waals surface area contributed by atoms with E-state index in [4.69, 9.17) is 32.7 Å². The van der Waals surface area contributed by atoms with E-state index in [1.807, 2.05) is 30.3 Å². The van der Waals surface area contributed by atoms with Gasteiger partial charge in [0.25, 0.3) is 0 Å². The Bertz CT molecular complexity index is 759. The topological polar surface area (TPSA) is 30.5 Å². The van der Waals surface area contributed by atoms with Gasteiger partial charge in [-0.25, -0.2) is 0 Å². The Morgan fingerprint density at radius 1 is 1.04 bits per heavy atom. The fourth-order valence-corrected chi connectivity index (χ4v) is 4.39. The molecule has 0 spiro atoms. The minimum absolute atomic E-state index is 0.280. The van der Waals surface area contributed by atoms with Crippen LogP contribution in [0.2, 0.25) is 10.0 Å². The molecule has 1 fully saturated rings. The molecule has 2 aromatic carbocycles. The first-order valence-corrected chi connectivity index (χ1v) is 10.8. The standard InChI is InChI=1S/C21H24BrCl2NO2/c1-26-20-11-10-17(22)15(12-25-14-6-3-2-4-7-14)21(20)27-13-16-18(23)8-5-9-19(16)24/h5,8-11,14,25H,2-4,6-7,12-13H2,1H3. The summed E-state index contributed by atoms with van der Waals surface area (Å²) in [5, 5.41) is 4.87. The highest BCUT2D eigenvalue weighted by Gasteiger charge is 2.19. The third-order valence-corrected chi connectivity index (χ3v) is 6.43. The molecular formula is C21H24BrCl2NO2. The molecule has 1 aliphatic rings. The lowest BCUT2D eigenvalue weighted by atomic mass is 9.95. The number of hydrogen-bond donors (Lipinski definition) is 1. The Morgan fingerprint density at radius 2 is 1.74 bits per heavy atom. The number of halogens is 3. The average molecular weight is 473 g/mol. The summed E-state index contributed by atoms with van der Waals surface area (Å²) < 4.78 is 12.7. The number of nitrogens with one attached hydrogen (secondary N) is 1. The van der Waals surface area contributed by atoms with Crippen LogP contribution in [0.15, 0.2) is 34.8 Å². The van der Waals surface area contributed by atoms with Gasteiger partial charge in [-0.05, 0) is 37.1 Å². The summed E-state index contributed by atoms with van der Waals surface area (Å²) in [5.41, 5.74) is 1.82. The van der Waals surface area contributed by atoms with Crippen molar-refractivity contribution >= 4 is 39.1 Å². The highest BCUT2D eigenvalue weighted by Crippen LogP contribution is 2.38. The predicted octanol–water partition coefficient (Wildman–Crippen LogP) is 6.77. The van der Waals surface area contributed by atoms with E-state index in [0.717, 1.165) is 15.6 Å². The van der Waals surface area contributed by atoms with Crippen LogP contribution in [0, 0.1) is 0 Å². The van der Waals surface area contributed by atoms with Gasteiger partial charge in [-0.1, -0.05) is 64.5 Å². The number of rotatable bonds is 7. The molecule has 27 heavy (non-hydrogen) atoms. The monoisotopic (exact) mass is 471 g/mol. The molecular weight excluding hydrogens is 449 g/mol. The fraction of sp³-hybridized carbons (Fsp3) is 0.429. The Labute approximate surface area is 179 Å². The van der Waals surface area contributed by atoms with Crippen LogP contribution in [0.4, 0.5) is 0 Å². The SMILES string of the molecule is COc1ccc(Br)c(CNC2CCCCC2)c1OCc1c(Cl)cccc1Cl.